The lowest BCUT2D eigenvalue weighted by atomic mass is 10.2. The van der Waals surface area contributed by atoms with E-state index in [2.05, 4.69) is 10.3 Å². The summed E-state index contributed by atoms with van der Waals surface area (Å²) < 4.78 is 14.0. The van der Waals surface area contributed by atoms with E-state index in [4.69, 9.17) is 5.73 Å². The highest BCUT2D eigenvalue weighted by molar-refractivity contribution is 7.21. The van der Waals surface area contributed by atoms with Gasteiger partial charge in [0, 0.05) is 16.3 Å². The summed E-state index contributed by atoms with van der Waals surface area (Å²) in [7, 11) is 0. The average Bonchev–Trinajstić information content (AvgIpc) is 2.79. The zero-order chi connectivity index (χ0) is 15.0. The molecule has 1 amide bonds. The summed E-state index contributed by atoms with van der Waals surface area (Å²) in [5.41, 5.74) is 7.62. The number of carbonyl (C=O) groups excluding carboxylic acids is 1. The number of anilines is 2. The summed E-state index contributed by atoms with van der Waals surface area (Å²) in [4.78, 5) is 16.8. The third kappa shape index (κ3) is 2.45. The van der Waals surface area contributed by atoms with Crippen molar-refractivity contribution < 1.29 is 9.18 Å². The molecule has 21 heavy (non-hydrogen) atoms. The molecule has 0 spiro atoms. The summed E-state index contributed by atoms with van der Waals surface area (Å²) in [5, 5.41) is 3.34. The third-order valence-corrected chi connectivity index (χ3v) is 4.34. The first-order valence-corrected chi connectivity index (χ1v) is 7.08. The summed E-state index contributed by atoms with van der Waals surface area (Å²) in [6.45, 7) is 1.80. The lowest BCUT2D eigenvalue weighted by Gasteiger charge is -2.06. The number of nitrogens with zero attached hydrogens (tertiary/aromatic N) is 1. The normalized spacial score (nSPS) is 10.8. The van der Waals surface area contributed by atoms with Gasteiger partial charge in [0.05, 0.1) is 17.1 Å². The summed E-state index contributed by atoms with van der Waals surface area (Å²) in [6, 6.07) is 7.83. The third-order valence-electron chi connectivity index (χ3n) is 3.15. The highest BCUT2D eigenvalue weighted by atomic mass is 32.1. The fourth-order valence-corrected chi connectivity index (χ4v) is 3.05. The molecule has 2 heterocycles. The van der Waals surface area contributed by atoms with Crippen LogP contribution in [0.25, 0.3) is 10.1 Å². The van der Waals surface area contributed by atoms with E-state index in [0.29, 0.717) is 21.6 Å². The molecule has 3 N–H and O–H groups in total. The Bertz CT molecular complexity index is 844. The fourth-order valence-electron chi connectivity index (χ4n) is 2.05. The van der Waals surface area contributed by atoms with E-state index < -0.39 is 0 Å². The van der Waals surface area contributed by atoms with Crippen molar-refractivity contribution in [3.05, 3.63) is 52.9 Å². The molecule has 2 aromatic heterocycles. The number of aryl methyl sites for hydroxylation is 1. The van der Waals surface area contributed by atoms with Crippen LogP contribution >= 0.6 is 11.3 Å². The molecule has 4 nitrogen and oxygen atoms in total. The number of nitrogen functional groups attached to an aromatic ring is 1. The molecule has 0 unspecified atom stereocenters. The number of nitrogens with one attached hydrogen (secondary N) is 1. The Balaban J connectivity index is 1.99. The number of fused-ring (bicyclic) bond motifs is 1. The molecular weight excluding hydrogens is 289 g/mol. The molecular formula is C15H12FN3OS. The Hall–Kier alpha value is -2.47. The van der Waals surface area contributed by atoms with Crippen LogP contribution in [0, 0.1) is 12.7 Å². The van der Waals surface area contributed by atoms with Gasteiger partial charge in [-0.2, -0.15) is 0 Å². The maximum atomic E-state index is 13.3. The van der Waals surface area contributed by atoms with Gasteiger partial charge < -0.3 is 11.1 Å². The van der Waals surface area contributed by atoms with Crippen LogP contribution in [0.1, 0.15) is 15.4 Å². The van der Waals surface area contributed by atoms with E-state index in [0.717, 1.165) is 10.4 Å². The second-order valence-electron chi connectivity index (χ2n) is 4.58. The molecule has 0 bridgehead atoms. The van der Waals surface area contributed by atoms with Gasteiger partial charge in [0.25, 0.3) is 5.91 Å². The Morgan fingerprint density at radius 2 is 2.19 bits per heavy atom. The molecule has 1 aromatic carbocycles. The van der Waals surface area contributed by atoms with E-state index in [1.165, 1.54) is 23.5 Å². The van der Waals surface area contributed by atoms with Gasteiger partial charge in [-0.25, -0.2) is 4.39 Å². The highest BCUT2D eigenvalue weighted by Crippen LogP contribution is 2.34. The average molecular weight is 301 g/mol. The van der Waals surface area contributed by atoms with Gasteiger partial charge >= 0.3 is 0 Å². The number of amides is 1. The maximum absolute atomic E-state index is 13.3. The van der Waals surface area contributed by atoms with Crippen molar-refractivity contribution in [2.24, 2.45) is 0 Å². The number of aromatic nitrogens is 1. The fraction of sp³-hybridized carbons (Fsp3) is 0.0667. The smallest absolute Gasteiger partial charge is 0.267 e. The van der Waals surface area contributed by atoms with Crippen LogP contribution in [0.4, 0.5) is 15.8 Å². The van der Waals surface area contributed by atoms with Gasteiger partial charge in [0.15, 0.2) is 0 Å². The highest BCUT2D eigenvalue weighted by Gasteiger charge is 2.17. The first-order valence-electron chi connectivity index (χ1n) is 6.27. The largest absolute Gasteiger partial charge is 0.397 e. The Morgan fingerprint density at radius 1 is 1.38 bits per heavy atom. The van der Waals surface area contributed by atoms with Crippen LogP contribution in [0.5, 0.6) is 0 Å². The minimum absolute atomic E-state index is 0.300. The number of hydrogen-bond donors (Lipinski definition) is 2. The molecule has 106 valence electrons. The molecule has 0 saturated heterocycles. The maximum Gasteiger partial charge on any atom is 0.267 e. The van der Waals surface area contributed by atoms with E-state index in [9.17, 15) is 9.18 Å². The van der Waals surface area contributed by atoms with Crippen molar-refractivity contribution in [2.45, 2.75) is 6.92 Å². The van der Waals surface area contributed by atoms with E-state index >= 15 is 0 Å². The minimum atomic E-state index is -0.373. The summed E-state index contributed by atoms with van der Waals surface area (Å²) in [6.07, 6.45) is 1.65. The first-order chi connectivity index (χ1) is 10.1. The zero-order valence-corrected chi connectivity index (χ0v) is 12.0. The molecule has 6 heteroatoms. The number of rotatable bonds is 2. The predicted octanol–water partition coefficient (Wildman–Crippen LogP) is 3.58. The van der Waals surface area contributed by atoms with Crippen molar-refractivity contribution in [3.8, 4) is 0 Å². The van der Waals surface area contributed by atoms with Crippen LogP contribution in [0.3, 0.4) is 0 Å². The predicted molar refractivity (Wildman–Crippen MR) is 83.1 cm³/mol. The van der Waals surface area contributed by atoms with Gasteiger partial charge in [-0.05, 0) is 37.3 Å². The molecule has 0 fully saturated rings. The lowest BCUT2D eigenvalue weighted by molar-refractivity contribution is 0.103. The quantitative estimate of drug-likeness (QED) is 0.760. The van der Waals surface area contributed by atoms with Crippen LogP contribution in [0.2, 0.25) is 0 Å². The van der Waals surface area contributed by atoms with Gasteiger partial charge in [-0.1, -0.05) is 0 Å². The molecule has 0 aliphatic rings. The number of halogens is 1. The van der Waals surface area contributed by atoms with E-state index in [1.807, 2.05) is 0 Å². The van der Waals surface area contributed by atoms with Crippen molar-refractivity contribution in [2.75, 3.05) is 11.1 Å². The SMILES string of the molecule is Cc1ncccc1NC(=O)c1sc2ccc(F)cc2c1N. The van der Waals surface area contributed by atoms with Gasteiger partial charge in [0.1, 0.15) is 10.7 Å². The minimum Gasteiger partial charge on any atom is -0.397 e. The second-order valence-corrected chi connectivity index (χ2v) is 5.63. The van der Waals surface area contributed by atoms with Crippen molar-refractivity contribution >= 4 is 38.7 Å². The molecule has 0 saturated carbocycles. The second kappa shape index (κ2) is 5.14. The van der Waals surface area contributed by atoms with Crippen molar-refractivity contribution in [3.63, 3.8) is 0 Å². The molecule has 0 radical (unpaired) electrons. The molecule has 3 rings (SSSR count). The van der Waals surface area contributed by atoms with Crippen LogP contribution in [-0.2, 0) is 0 Å². The molecule has 0 atom stereocenters. The molecule has 3 aromatic rings. The molecule has 0 aliphatic carbocycles. The number of thiophene rings is 1. The summed E-state index contributed by atoms with van der Waals surface area (Å²) in [5.74, 6) is -0.688. The van der Waals surface area contributed by atoms with Gasteiger partial charge in [-0.15, -0.1) is 11.3 Å². The topological polar surface area (TPSA) is 68.0 Å². The number of carbonyl (C=O) groups is 1. The number of benzene rings is 1. The standard InChI is InChI=1S/C15H12FN3OS/c1-8-11(3-2-6-18-8)19-15(20)14-13(17)10-7-9(16)4-5-12(10)21-14/h2-7H,17H2,1H3,(H,19,20). The Kier molecular flexibility index (Phi) is 3.31. The van der Waals surface area contributed by atoms with Crippen LogP contribution in [0.15, 0.2) is 36.5 Å². The zero-order valence-electron chi connectivity index (χ0n) is 11.2. The lowest BCUT2D eigenvalue weighted by Crippen LogP contribution is -2.13. The van der Waals surface area contributed by atoms with Crippen molar-refractivity contribution in [1.82, 2.24) is 4.98 Å². The number of nitrogens with two attached hydrogens (primary N) is 1. The number of pyridine rings is 1. The first kappa shape index (κ1) is 13.5. The van der Waals surface area contributed by atoms with Gasteiger partial charge in [0.2, 0.25) is 0 Å². The number of hydrogen-bond acceptors (Lipinski definition) is 4. The monoisotopic (exact) mass is 301 g/mol. The van der Waals surface area contributed by atoms with Crippen LogP contribution < -0.4 is 11.1 Å². The van der Waals surface area contributed by atoms with Crippen LogP contribution in [-0.4, -0.2) is 10.9 Å². The Morgan fingerprint density at radius 3 is 2.95 bits per heavy atom. The molecule has 0 aliphatic heterocycles. The summed E-state index contributed by atoms with van der Waals surface area (Å²) >= 11 is 1.24. The Labute approximate surface area is 124 Å². The van der Waals surface area contributed by atoms with E-state index in [-0.39, 0.29) is 11.7 Å². The van der Waals surface area contributed by atoms with Gasteiger partial charge in [-0.3, -0.25) is 9.78 Å². The van der Waals surface area contributed by atoms with E-state index in [1.54, 1.807) is 31.3 Å². The van der Waals surface area contributed by atoms with Crippen molar-refractivity contribution in [1.29, 1.82) is 0 Å².